The Morgan fingerprint density at radius 2 is 1.96 bits per heavy atom. The van der Waals surface area contributed by atoms with Crippen LogP contribution in [0.1, 0.15) is 24.6 Å². The highest BCUT2D eigenvalue weighted by Crippen LogP contribution is 2.29. The number of alkyl halides is 3. The van der Waals surface area contributed by atoms with Gasteiger partial charge in [-0.15, -0.1) is 5.06 Å². The topological polar surface area (TPSA) is 60.2 Å². The molecule has 1 fully saturated rings. The second kappa shape index (κ2) is 7.20. The average molecular weight is 393 g/mol. The van der Waals surface area contributed by atoms with Gasteiger partial charge >= 0.3 is 12.1 Å². The molecule has 1 aromatic heterocycles. The Labute approximate surface area is 150 Å². The van der Waals surface area contributed by atoms with E-state index in [1.807, 2.05) is 0 Å². The summed E-state index contributed by atoms with van der Waals surface area (Å²) in [4.78, 5) is 19.4. The first-order valence-corrected chi connectivity index (χ1v) is 8.03. The zero-order valence-electron chi connectivity index (χ0n) is 13.2. The van der Waals surface area contributed by atoms with Gasteiger partial charge in [0.1, 0.15) is 18.0 Å². The minimum atomic E-state index is -5.03. The minimum Gasteiger partial charge on any atom is -0.361 e. The highest BCUT2D eigenvalue weighted by atomic mass is 35.5. The molecule has 26 heavy (non-hydrogen) atoms. The van der Waals surface area contributed by atoms with Crippen LogP contribution in [0.2, 0.25) is 5.02 Å². The average Bonchev–Trinajstić information content (AvgIpc) is 3.07. The first kappa shape index (κ1) is 18.6. The van der Waals surface area contributed by atoms with E-state index in [1.54, 1.807) is 0 Å². The van der Waals surface area contributed by atoms with Gasteiger partial charge in [0.05, 0.1) is 10.7 Å². The highest BCUT2D eigenvalue weighted by Gasteiger charge is 2.43. The van der Waals surface area contributed by atoms with Crippen molar-refractivity contribution in [1.29, 1.82) is 0 Å². The lowest BCUT2D eigenvalue weighted by atomic mass is 9.97. The summed E-state index contributed by atoms with van der Waals surface area (Å²) >= 11 is 5.79. The van der Waals surface area contributed by atoms with Crippen molar-refractivity contribution < 1.29 is 27.2 Å². The Bertz CT molecular complexity index is 803. The lowest BCUT2D eigenvalue weighted by Crippen LogP contribution is -2.39. The molecular formula is C15H13ClF4N4O2. The van der Waals surface area contributed by atoms with E-state index >= 15 is 0 Å². The fraction of sp³-hybridized carbons (Fsp3) is 0.400. The fourth-order valence-electron chi connectivity index (χ4n) is 2.72. The lowest BCUT2D eigenvalue weighted by Gasteiger charge is -2.30. The van der Waals surface area contributed by atoms with Crippen molar-refractivity contribution >= 4 is 17.6 Å². The molecule has 0 radical (unpaired) electrons. The summed E-state index contributed by atoms with van der Waals surface area (Å²) < 4.78 is 51.6. The maximum atomic E-state index is 13.3. The van der Waals surface area contributed by atoms with Crippen LogP contribution in [0.4, 0.5) is 17.6 Å². The van der Waals surface area contributed by atoms with Crippen LogP contribution in [0.25, 0.3) is 5.69 Å². The molecule has 0 spiro atoms. The van der Waals surface area contributed by atoms with E-state index in [1.165, 1.54) is 29.2 Å². The maximum Gasteiger partial charge on any atom is 0.492 e. The quantitative estimate of drug-likeness (QED) is 0.750. The van der Waals surface area contributed by atoms with Crippen LogP contribution in [0.3, 0.4) is 0 Å². The minimum absolute atomic E-state index is 0.0576. The van der Waals surface area contributed by atoms with Gasteiger partial charge in [0, 0.05) is 19.0 Å². The third-order valence-electron chi connectivity index (χ3n) is 3.98. The number of hydrogen-bond donors (Lipinski definition) is 0. The Balaban J connectivity index is 1.68. The number of rotatable bonds is 3. The van der Waals surface area contributed by atoms with Crippen LogP contribution in [0.15, 0.2) is 24.5 Å². The van der Waals surface area contributed by atoms with Gasteiger partial charge in [0.2, 0.25) is 0 Å². The number of hydrogen-bond acceptors (Lipinski definition) is 5. The molecular weight excluding hydrogens is 380 g/mol. The van der Waals surface area contributed by atoms with Gasteiger partial charge in [0.25, 0.3) is 0 Å². The summed E-state index contributed by atoms with van der Waals surface area (Å²) in [5.74, 6) is -2.33. The third kappa shape index (κ3) is 3.96. The molecule has 0 unspecified atom stereocenters. The van der Waals surface area contributed by atoms with Crippen molar-refractivity contribution in [3.8, 4) is 5.69 Å². The van der Waals surface area contributed by atoms with Crippen molar-refractivity contribution in [3.05, 3.63) is 41.2 Å². The highest BCUT2D eigenvalue weighted by molar-refractivity contribution is 6.30. The first-order valence-electron chi connectivity index (χ1n) is 7.65. The molecule has 1 aliphatic rings. The number of nitrogens with zero attached hydrogens (tertiary/aromatic N) is 4. The summed E-state index contributed by atoms with van der Waals surface area (Å²) in [6.45, 7) is 0.257. The summed E-state index contributed by atoms with van der Waals surface area (Å²) in [7, 11) is 0. The zero-order valence-corrected chi connectivity index (χ0v) is 14.0. The molecule has 1 saturated heterocycles. The van der Waals surface area contributed by atoms with E-state index in [0.29, 0.717) is 24.4 Å². The van der Waals surface area contributed by atoms with Crippen molar-refractivity contribution in [3.63, 3.8) is 0 Å². The fourth-order valence-corrected chi connectivity index (χ4v) is 2.89. The van der Waals surface area contributed by atoms with Gasteiger partial charge in [-0.25, -0.2) is 18.9 Å². The molecule has 0 atom stereocenters. The van der Waals surface area contributed by atoms with Crippen molar-refractivity contribution in [2.24, 2.45) is 0 Å². The summed E-state index contributed by atoms with van der Waals surface area (Å²) in [5.41, 5.74) is 0.523. The van der Waals surface area contributed by atoms with Crippen molar-refractivity contribution in [2.45, 2.75) is 24.9 Å². The van der Waals surface area contributed by atoms with Crippen LogP contribution >= 0.6 is 11.6 Å². The standard InChI is InChI=1S/C15H13ClF4N4O2/c16-11-7-10(1-2-12(11)17)24-13(21-8-22-24)9-3-5-23(6-4-9)26-14(25)15(18,19)20/h1-2,7-9H,3-6H2. The Hall–Kier alpha value is -2.20. The molecule has 0 N–H and O–H groups in total. The van der Waals surface area contributed by atoms with Gasteiger partial charge in [0.15, 0.2) is 0 Å². The van der Waals surface area contributed by atoms with Gasteiger partial charge in [-0.3, -0.25) is 0 Å². The van der Waals surface area contributed by atoms with Crippen LogP contribution in [-0.4, -0.2) is 45.1 Å². The van der Waals surface area contributed by atoms with Crippen LogP contribution in [0, 0.1) is 5.82 Å². The summed E-state index contributed by atoms with van der Waals surface area (Å²) in [5, 5.41) is 5.04. The number of piperidine rings is 1. The van der Waals surface area contributed by atoms with Gasteiger partial charge in [-0.1, -0.05) is 11.6 Å². The molecule has 1 aliphatic heterocycles. The SMILES string of the molecule is O=C(ON1CCC(c2ncnn2-c2ccc(F)c(Cl)c2)CC1)C(F)(F)F. The first-order chi connectivity index (χ1) is 12.3. The molecule has 0 bridgehead atoms. The molecule has 11 heteroatoms. The predicted molar refractivity (Wildman–Crippen MR) is 82.0 cm³/mol. The molecule has 3 rings (SSSR count). The smallest absolute Gasteiger partial charge is 0.361 e. The largest absolute Gasteiger partial charge is 0.492 e. The number of halogens is 5. The Morgan fingerprint density at radius 3 is 2.58 bits per heavy atom. The van der Waals surface area contributed by atoms with Gasteiger partial charge in [-0.05, 0) is 31.0 Å². The summed E-state index contributed by atoms with van der Waals surface area (Å²) in [6.07, 6.45) is -2.86. The van der Waals surface area contributed by atoms with E-state index in [0.717, 1.165) is 5.06 Å². The van der Waals surface area contributed by atoms with E-state index < -0.39 is 18.0 Å². The lowest BCUT2D eigenvalue weighted by molar-refractivity contribution is -0.241. The Morgan fingerprint density at radius 1 is 1.27 bits per heavy atom. The predicted octanol–water partition coefficient (Wildman–Crippen LogP) is 3.26. The van der Waals surface area contributed by atoms with Crippen molar-refractivity contribution in [1.82, 2.24) is 19.8 Å². The van der Waals surface area contributed by atoms with E-state index in [9.17, 15) is 22.4 Å². The van der Waals surface area contributed by atoms with Crippen molar-refractivity contribution in [2.75, 3.05) is 13.1 Å². The van der Waals surface area contributed by atoms with E-state index in [4.69, 9.17) is 11.6 Å². The van der Waals surface area contributed by atoms with E-state index in [-0.39, 0.29) is 24.0 Å². The number of carbonyl (C=O) groups excluding carboxylic acids is 1. The maximum absolute atomic E-state index is 13.3. The molecule has 6 nitrogen and oxygen atoms in total. The van der Waals surface area contributed by atoms with E-state index in [2.05, 4.69) is 14.9 Å². The number of hydroxylamine groups is 2. The number of carbonyl (C=O) groups is 1. The molecule has 0 aliphatic carbocycles. The number of aromatic nitrogens is 3. The van der Waals surface area contributed by atoms with Crippen LogP contribution in [0.5, 0.6) is 0 Å². The van der Waals surface area contributed by atoms with Gasteiger partial charge < -0.3 is 4.84 Å². The number of benzene rings is 1. The van der Waals surface area contributed by atoms with Gasteiger partial charge in [-0.2, -0.15) is 18.3 Å². The molecule has 2 aromatic rings. The normalized spacial score (nSPS) is 16.7. The second-order valence-corrected chi connectivity index (χ2v) is 6.12. The molecule has 0 saturated carbocycles. The van der Waals surface area contributed by atoms with Crippen LogP contribution < -0.4 is 0 Å². The molecule has 1 aromatic carbocycles. The zero-order chi connectivity index (χ0) is 18.9. The molecule has 0 amide bonds. The monoisotopic (exact) mass is 392 g/mol. The third-order valence-corrected chi connectivity index (χ3v) is 4.27. The molecule has 140 valence electrons. The summed E-state index contributed by atoms with van der Waals surface area (Å²) in [6, 6.07) is 4.12. The second-order valence-electron chi connectivity index (χ2n) is 5.71. The van der Waals surface area contributed by atoms with Crippen LogP contribution in [-0.2, 0) is 9.63 Å². The molecule has 2 heterocycles. The Kier molecular flexibility index (Phi) is 5.15.